The van der Waals surface area contributed by atoms with Gasteiger partial charge in [-0.15, -0.1) is 0 Å². The zero-order valence-corrected chi connectivity index (χ0v) is 8.30. The molecule has 0 fully saturated rings. The van der Waals surface area contributed by atoms with Gasteiger partial charge in [-0.1, -0.05) is 12.7 Å². The predicted octanol–water partition coefficient (Wildman–Crippen LogP) is 0.278. The fourth-order valence-electron chi connectivity index (χ4n) is 1.15. The van der Waals surface area contributed by atoms with Crippen LogP contribution in [0.2, 0.25) is 0 Å². The van der Waals surface area contributed by atoms with E-state index in [9.17, 15) is 4.79 Å². The third-order valence-corrected chi connectivity index (χ3v) is 1.82. The number of esters is 1. The molecule has 0 saturated heterocycles. The van der Waals surface area contributed by atoms with Gasteiger partial charge in [-0.2, -0.15) is 0 Å². The quantitative estimate of drug-likeness (QED) is 0.567. The molecule has 2 aromatic rings. The van der Waals surface area contributed by atoms with Crippen molar-refractivity contribution in [3.05, 3.63) is 24.8 Å². The summed E-state index contributed by atoms with van der Waals surface area (Å²) in [6, 6.07) is 0. The van der Waals surface area contributed by atoms with Gasteiger partial charge in [-0.05, 0) is 0 Å². The third-order valence-electron chi connectivity index (χ3n) is 1.82. The van der Waals surface area contributed by atoms with E-state index in [4.69, 9.17) is 10.5 Å². The molecule has 0 saturated carbocycles. The largest absolute Gasteiger partial charge is 0.456 e. The second-order valence-electron chi connectivity index (χ2n) is 2.92. The van der Waals surface area contributed by atoms with Gasteiger partial charge < -0.3 is 15.5 Å². The SMILES string of the molecule is C=CCOC(=O)c1nc(N)c2nc[nH]c2n1. The van der Waals surface area contributed by atoms with Crippen molar-refractivity contribution in [2.24, 2.45) is 0 Å². The normalized spacial score (nSPS) is 10.2. The molecule has 0 atom stereocenters. The molecular formula is C9H9N5O2. The van der Waals surface area contributed by atoms with Gasteiger partial charge in [0.1, 0.15) is 12.1 Å². The molecule has 0 radical (unpaired) electrons. The Hall–Kier alpha value is -2.44. The van der Waals surface area contributed by atoms with Gasteiger partial charge in [0.05, 0.1) is 6.33 Å². The lowest BCUT2D eigenvalue weighted by Gasteiger charge is -2.01. The second kappa shape index (κ2) is 3.97. The standard InChI is InChI=1S/C9H9N5O2/c1-2-3-16-9(15)8-13-6(10)5-7(14-8)12-4-11-5/h2,4H,1,3H2,(H3,10,11,12,13,14). The van der Waals surface area contributed by atoms with Gasteiger partial charge in [0, 0.05) is 0 Å². The molecule has 0 unspecified atom stereocenters. The van der Waals surface area contributed by atoms with Crippen LogP contribution in [0.3, 0.4) is 0 Å². The number of carbonyl (C=O) groups excluding carboxylic acids is 1. The Labute approximate surface area is 90.4 Å². The van der Waals surface area contributed by atoms with Gasteiger partial charge in [0.25, 0.3) is 0 Å². The Morgan fingerprint density at radius 2 is 2.44 bits per heavy atom. The van der Waals surface area contributed by atoms with Crippen molar-refractivity contribution in [3.8, 4) is 0 Å². The van der Waals surface area contributed by atoms with Gasteiger partial charge >= 0.3 is 5.97 Å². The van der Waals surface area contributed by atoms with Crippen LogP contribution >= 0.6 is 0 Å². The number of aromatic nitrogens is 4. The first-order valence-corrected chi connectivity index (χ1v) is 4.47. The molecule has 0 spiro atoms. The molecular weight excluding hydrogens is 210 g/mol. The van der Waals surface area contributed by atoms with Crippen LogP contribution in [-0.4, -0.2) is 32.5 Å². The Morgan fingerprint density at radius 3 is 3.19 bits per heavy atom. The van der Waals surface area contributed by atoms with E-state index in [1.807, 2.05) is 0 Å². The maximum Gasteiger partial charge on any atom is 0.376 e. The lowest BCUT2D eigenvalue weighted by molar-refractivity contribution is 0.0536. The van der Waals surface area contributed by atoms with E-state index in [-0.39, 0.29) is 18.2 Å². The van der Waals surface area contributed by atoms with Crippen LogP contribution in [0.15, 0.2) is 19.0 Å². The monoisotopic (exact) mass is 219 g/mol. The van der Waals surface area contributed by atoms with Crippen molar-refractivity contribution < 1.29 is 9.53 Å². The van der Waals surface area contributed by atoms with E-state index in [1.165, 1.54) is 12.4 Å². The van der Waals surface area contributed by atoms with Crippen LogP contribution in [0.5, 0.6) is 0 Å². The summed E-state index contributed by atoms with van der Waals surface area (Å²) in [7, 11) is 0. The minimum absolute atomic E-state index is 0.100. The Morgan fingerprint density at radius 1 is 1.62 bits per heavy atom. The van der Waals surface area contributed by atoms with Crippen LogP contribution in [0.4, 0.5) is 5.82 Å². The number of nitrogens with zero attached hydrogens (tertiary/aromatic N) is 3. The van der Waals surface area contributed by atoms with E-state index < -0.39 is 5.97 Å². The number of H-pyrrole nitrogens is 1. The van der Waals surface area contributed by atoms with Crippen LogP contribution in [-0.2, 0) is 4.74 Å². The highest BCUT2D eigenvalue weighted by atomic mass is 16.5. The molecule has 82 valence electrons. The maximum absolute atomic E-state index is 11.4. The Balaban J connectivity index is 2.37. The first-order valence-electron chi connectivity index (χ1n) is 4.47. The van der Waals surface area contributed by atoms with Gasteiger partial charge in [-0.25, -0.2) is 19.7 Å². The van der Waals surface area contributed by atoms with Crippen molar-refractivity contribution in [3.63, 3.8) is 0 Å². The first-order chi connectivity index (χ1) is 7.72. The third kappa shape index (κ3) is 1.70. The minimum Gasteiger partial charge on any atom is -0.456 e. The van der Waals surface area contributed by atoms with Gasteiger partial charge in [0.15, 0.2) is 11.5 Å². The molecule has 2 heterocycles. The summed E-state index contributed by atoms with van der Waals surface area (Å²) in [5.41, 5.74) is 6.44. The summed E-state index contributed by atoms with van der Waals surface area (Å²) >= 11 is 0. The molecule has 0 aliphatic carbocycles. The van der Waals surface area contributed by atoms with Crippen molar-refractivity contribution in [2.75, 3.05) is 12.3 Å². The molecule has 16 heavy (non-hydrogen) atoms. The van der Waals surface area contributed by atoms with Crippen LogP contribution in [0.25, 0.3) is 11.2 Å². The van der Waals surface area contributed by atoms with Crippen LogP contribution in [0.1, 0.15) is 10.6 Å². The fourth-order valence-corrected chi connectivity index (χ4v) is 1.15. The number of nitrogens with two attached hydrogens (primary N) is 1. The van der Waals surface area contributed by atoms with E-state index in [0.717, 1.165) is 0 Å². The molecule has 2 aromatic heterocycles. The maximum atomic E-state index is 11.4. The molecule has 0 aromatic carbocycles. The minimum atomic E-state index is -0.650. The number of hydrogen-bond acceptors (Lipinski definition) is 6. The molecule has 0 aliphatic rings. The lowest BCUT2D eigenvalue weighted by Crippen LogP contribution is -2.11. The Kier molecular flexibility index (Phi) is 2.50. The summed E-state index contributed by atoms with van der Waals surface area (Å²) in [4.78, 5) is 25.8. The summed E-state index contributed by atoms with van der Waals surface area (Å²) in [5, 5.41) is 0. The number of fused-ring (bicyclic) bond motifs is 1. The second-order valence-corrected chi connectivity index (χ2v) is 2.92. The van der Waals surface area contributed by atoms with Gasteiger partial charge in [-0.3, -0.25) is 0 Å². The van der Waals surface area contributed by atoms with Crippen molar-refractivity contribution in [1.82, 2.24) is 19.9 Å². The van der Waals surface area contributed by atoms with E-state index >= 15 is 0 Å². The first kappa shape index (κ1) is 10.1. The number of imidazole rings is 1. The highest BCUT2D eigenvalue weighted by molar-refractivity contribution is 5.90. The van der Waals surface area contributed by atoms with Crippen molar-refractivity contribution in [1.29, 1.82) is 0 Å². The molecule has 7 nitrogen and oxygen atoms in total. The van der Waals surface area contributed by atoms with Gasteiger partial charge in [0.2, 0.25) is 5.82 Å². The number of anilines is 1. The fraction of sp³-hybridized carbons (Fsp3) is 0.111. The van der Waals surface area contributed by atoms with E-state index in [0.29, 0.717) is 11.2 Å². The average Bonchev–Trinajstić information content (AvgIpc) is 2.74. The van der Waals surface area contributed by atoms with Crippen LogP contribution in [0, 0.1) is 0 Å². The summed E-state index contributed by atoms with van der Waals surface area (Å²) in [6.45, 7) is 3.53. The van der Waals surface area contributed by atoms with Crippen molar-refractivity contribution in [2.45, 2.75) is 0 Å². The highest BCUT2D eigenvalue weighted by Crippen LogP contribution is 2.13. The molecule has 2 rings (SSSR count). The number of hydrogen-bond donors (Lipinski definition) is 2. The topological polar surface area (TPSA) is 107 Å². The number of ether oxygens (including phenoxy) is 1. The molecule has 3 N–H and O–H groups in total. The zero-order chi connectivity index (χ0) is 11.5. The number of nitrogens with one attached hydrogen (secondary N) is 1. The Bertz CT molecular complexity index is 548. The summed E-state index contributed by atoms with van der Waals surface area (Å²) in [5.74, 6) is -0.615. The summed E-state index contributed by atoms with van der Waals surface area (Å²) < 4.78 is 4.79. The number of aromatic amines is 1. The number of rotatable bonds is 3. The van der Waals surface area contributed by atoms with Crippen LogP contribution < -0.4 is 5.73 Å². The summed E-state index contributed by atoms with van der Waals surface area (Å²) in [6.07, 6.45) is 2.88. The smallest absolute Gasteiger partial charge is 0.376 e. The lowest BCUT2D eigenvalue weighted by atomic mass is 10.4. The average molecular weight is 219 g/mol. The molecule has 0 amide bonds. The molecule has 0 bridgehead atoms. The number of nitrogen functional groups attached to an aromatic ring is 1. The van der Waals surface area contributed by atoms with E-state index in [1.54, 1.807) is 0 Å². The van der Waals surface area contributed by atoms with E-state index in [2.05, 4.69) is 26.5 Å². The molecule has 7 heteroatoms. The molecule has 0 aliphatic heterocycles. The van der Waals surface area contributed by atoms with Crippen molar-refractivity contribution >= 4 is 23.0 Å². The number of carbonyl (C=O) groups is 1. The predicted molar refractivity (Wildman–Crippen MR) is 56.6 cm³/mol. The highest BCUT2D eigenvalue weighted by Gasteiger charge is 2.14. The zero-order valence-electron chi connectivity index (χ0n) is 8.30.